The summed E-state index contributed by atoms with van der Waals surface area (Å²) in [6.07, 6.45) is 3.80. The van der Waals surface area contributed by atoms with Gasteiger partial charge < -0.3 is 14.6 Å². The summed E-state index contributed by atoms with van der Waals surface area (Å²) in [5.41, 5.74) is 1.32. The van der Waals surface area contributed by atoms with Crippen molar-refractivity contribution in [2.45, 2.75) is 52.7 Å². The lowest BCUT2D eigenvalue weighted by Crippen LogP contribution is -2.35. The lowest BCUT2D eigenvalue weighted by atomic mass is 10.1. The van der Waals surface area contributed by atoms with E-state index in [1.54, 1.807) is 0 Å². The molecule has 1 aromatic rings. The van der Waals surface area contributed by atoms with E-state index in [4.69, 9.17) is 4.74 Å². The Labute approximate surface area is 104 Å². The second kappa shape index (κ2) is 6.17. The van der Waals surface area contributed by atoms with Crippen LogP contribution >= 0.6 is 0 Å². The average Bonchev–Trinajstić information content (AvgIpc) is 2.70. The van der Waals surface area contributed by atoms with Gasteiger partial charge in [0, 0.05) is 24.9 Å². The van der Waals surface area contributed by atoms with Crippen molar-refractivity contribution in [2.24, 2.45) is 0 Å². The molecule has 4 nitrogen and oxygen atoms in total. The highest BCUT2D eigenvalue weighted by Crippen LogP contribution is 2.11. The number of rotatable bonds is 6. The largest absolute Gasteiger partial charge is 0.380 e. The third kappa shape index (κ3) is 4.88. The molecule has 1 aromatic heterocycles. The molecule has 0 aliphatic carbocycles. The average molecular weight is 239 g/mol. The van der Waals surface area contributed by atoms with Crippen LogP contribution in [0.25, 0.3) is 0 Å². The molecule has 0 radical (unpaired) electrons. The van der Waals surface area contributed by atoms with Crippen LogP contribution in [-0.2, 0) is 11.3 Å². The van der Waals surface area contributed by atoms with Crippen molar-refractivity contribution in [3.63, 3.8) is 0 Å². The van der Waals surface area contributed by atoms with Gasteiger partial charge in [-0.3, -0.25) is 0 Å². The van der Waals surface area contributed by atoms with Gasteiger partial charge in [0.2, 0.25) is 0 Å². The van der Waals surface area contributed by atoms with E-state index in [9.17, 15) is 0 Å². The Morgan fingerprint density at radius 3 is 2.76 bits per heavy atom. The quantitative estimate of drug-likeness (QED) is 0.828. The maximum absolute atomic E-state index is 5.45. The molecule has 0 bridgehead atoms. The molecule has 4 heteroatoms. The minimum absolute atomic E-state index is 0.123. The van der Waals surface area contributed by atoms with Gasteiger partial charge in [-0.2, -0.15) is 0 Å². The molecule has 0 aliphatic heterocycles. The predicted molar refractivity (Wildman–Crippen MR) is 70.0 cm³/mol. The number of nitrogens with zero attached hydrogens (tertiary/aromatic N) is 2. The van der Waals surface area contributed by atoms with Gasteiger partial charge in [0.15, 0.2) is 0 Å². The summed E-state index contributed by atoms with van der Waals surface area (Å²) < 4.78 is 7.63. The van der Waals surface area contributed by atoms with Crippen molar-refractivity contribution in [1.29, 1.82) is 0 Å². The zero-order chi connectivity index (χ0) is 12.9. The molecule has 0 amide bonds. The van der Waals surface area contributed by atoms with E-state index in [0.717, 1.165) is 19.8 Å². The lowest BCUT2D eigenvalue weighted by molar-refractivity contribution is 0.118. The zero-order valence-electron chi connectivity index (χ0n) is 11.7. The SMILES string of the molecule is CCOCC(C)n1cncc1CNC(C)(C)C. The highest BCUT2D eigenvalue weighted by atomic mass is 16.5. The highest BCUT2D eigenvalue weighted by Gasteiger charge is 2.13. The molecule has 0 saturated heterocycles. The number of nitrogens with one attached hydrogen (secondary N) is 1. The first kappa shape index (κ1) is 14.2. The lowest BCUT2D eigenvalue weighted by Gasteiger charge is -2.22. The van der Waals surface area contributed by atoms with Gasteiger partial charge in [-0.05, 0) is 34.6 Å². The van der Waals surface area contributed by atoms with E-state index in [1.807, 2.05) is 19.4 Å². The van der Waals surface area contributed by atoms with Gasteiger partial charge in [0.25, 0.3) is 0 Å². The fourth-order valence-electron chi connectivity index (χ4n) is 1.59. The first-order chi connectivity index (χ1) is 7.94. The van der Waals surface area contributed by atoms with Crippen molar-refractivity contribution in [1.82, 2.24) is 14.9 Å². The molecule has 0 spiro atoms. The Hall–Kier alpha value is -0.870. The molecule has 1 atom stereocenters. The molecule has 1 heterocycles. The van der Waals surface area contributed by atoms with Crippen LogP contribution in [-0.4, -0.2) is 28.3 Å². The molecule has 1 unspecified atom stereocenters. The maximum atomic E-state index is 5.45. The molecule has 17 heavy (non-hydrogen) atoms. The summed E-state index contributed by atoms with van der Waals surface area (Å²) >= 11 is 0. The molecule has 1 N–H and O–H groups in total. The van der Waals surface area contributed by atoms with E-state index < -0.39 is 0 Å². The summed E-state index contributed by atoms with van der Waals surface area (Å²) in [7, 11) is 0. The topological polar surface area (TPSA) is 39.1 Å². The summed E-state index contributed by atoms with van der Waals surface area (Å²) in [6, 6.07) is 0.328. The third-order valence-corrected chi connectivity index (χ3v) is 2.58. The minimum atomic E-state index is 0.123. The van der Waals surface area contributed by atoms with Crippen LogP contribution < -0.4 is 5.32 Å². The van der Waals surface area contributed by atoms with Gasteiger partial charge in [0.05, 0.1) is 24.7 Å². The number of ether oxygens (including phenoxy) is 1. The summed E-state index contributed by atoms with van der Waals surface area (Å²) in [6.45, 7) is 13.0. The second-order valence-electron chi connectivity index (χ2n) is 5.40. The molecule has 0 fully saturated rings. The Morgan fingerprint density at radius 2 is 2.18 bits per heavy atom. The van der Waals surface area contributed by atoms with E-state index in [0.29, 0.717) is 6.04 Å². The summed E-state index contributed by atoms with van der Waals surface area (Å²) in [5.74, 6) is 0. The Balaban J connectivity index is 2.59. The van der Waals surface area contributed by atoms with Crippen LogP contribution in [0.4, 0.5) is 0 Å². The van der Waals surface area contributed by atoms with Gasteiger partial charge in [-0.25, -0.2) is 4.98 Å². The van der Waals surface area contributed by atoms with Crippen LogP contribution in [0.3, 0.4) is 0 Å². The number of aromatic nitrogens is 2. The number of hydrogen-bond acceptors (Lipinski definition) is 3. The predicted octanol–water partition coefficient (Wildman–Crippen LogP) is 2.37. The Morgan fingerprint density at radius 1 is 1.47 bits per heavy atom. The second-order valence-corrected chi connectivity index (χ2v) is 5.40. The van der Waals surface area contributed by atoms with Crippen molar-refractivity contribution >= 4 is 0 Å². The number of imidazole rings is 1. The molecular weight excluding hydrogens is 214 g/mol. The monoisotopic (exact) mass is 239 g/mol. The van der Waals surface area contributed by atoms with Crippen molar-refractivity contribution < 1.29 is 4.74 Å². The Kier molecular flexibility index (Phi) is 5.15. The maximum Gasteiger partial charge on any atom is 0.0951 e. The molecule has 1 rings (SSSR count). The third-order valence-electron chi connectivity index (χ3n) is 2.58. The van der Waals surface area contributed by atoms with Gasteiger partial charge in [-0.1, -0.05) is 0 Å². The van der Waals surface area contributed by atoms with E-state index >= 15 is 0 Å². The van der Waals surface area contributed by atoms with E-state index in [2.05, 4.69) is 42.6 Å². The van der Waals surface area contributed by atoms with Crippen LogP contribution in [0.2, 0.25) is 0 Å². The van der Waals surface area contributed by atoms with E-state index in [1.165, 1.54) is 5.69 Å². The first-order valence-electron chi connectivity index (χ1n) is 6.27. The fourth-order valence-corrected chi connectivity index (χ4v) is 1.59. The van der Waals surface area contributed by atoms with Crippen LogP contribution in [0.5, 0.6) is 0 Å². The van der Waals surface area contributed by atoms with Crippen molar-refractivity contribution in [3.8, 4) is 0 Å². The molecule has 0 saturated carbocycles. The standard InChI is InChI=1S/C13H25N3O/c1-6-17-9-11(2)16-10-14-7-12(16)8-15-13(3,4)5/h7,10-11,15H,6,8-9H2,1-5H3. The molecule has 0 aliphatic rings. The van der Waals surface area contributed by atoms with Gasteiger partial charge >= 0.3 is 0 Å². The van der Waals surface area contributed by atoms with Crippen LogP contribution in [0, 0.1) is 0 Å². The first-order valence-corrected chi connectivity index (χ1v) is 6.27. The minimum Gasteiger partial charge on any atom is -0.380 e. The van der Waals surface area contributed by atoms with Crippen molar-refractivity contribution in [2.75, 3.05) is 13.2 Å². The molecular formula is C13H25N3O. The number of hydrogen-bond donors (Lipinski definition) is 1. The van der Waals surface area contributed by atoms with Crippen LogP contribution in [0.15, 0.2) is 12.5 Å². The normalized spacial score (nSPS) is 13.9. The molecule has 0 aromatic carbocycles. The fraction of sp³-hybridized carbons (Fsp3) is 0.769. The van der Waals surface area contributed by atoms with Gasteiger partial charge in [-0.15, -0.1) is 0 Å². The zero-order valence-corrected chi connectivity index (χ0v) is 11.7. The molecule has 98 valence electrons. The smallest absolute Gasteiger partial charge is 0.0951 e. The van der Waals surface area contributed by atoms with E-state index in [-0.39, 0.29) is 5.54 Å². The highest BCUT2D eigenvalue weighted by molar-refractivity contribution is 5.00. The van der Waals surface area contributed by atoms with Crippen LogP contribution in [0.1, 0.15) is 46.4 Å². The Bertz CT molecular complexity index is 328. The summed E-state index contributed by atoms with van der Waals surface area (Å²) in [4.78, 5) is 4.22. The van der Waals surface area contributed by atoms with Crippen molar-refractivity contribution in [3.05, 3.63) is 18.2 Å². The summed E-state index contributed by atoms with van der Waals surface area (Å²) in [5, 5.41) is 3.47. The van der Waals surface area contributed by atoms with Gasteiger partial charge in [0.1, 0.15) is 0 Å².